The monoisotopic (exact) mass is 366 g/mol. The van der Waals surface area contributed by atoms with E-state index < -0.39 is 24.2 Å². The lowest BCUT2D eigenvalue weighted by atomic mass is 10.2. The van der Waals surface area contributed by atoms with Crippen LogP contribution in [-0.2, 0) is 17.9 Å². The third-order valence-corrected chi connectivity index (χ3v) is 3.63. The van der Waals surface area contributed by atoms with Crippen LogP contribution in [0.25, 0.3) is 0 Å². The Balaban J connectivity index is 2.39. The van der Waals surface area contributed by atoms with Crippen LogP contribution in [0.2, 0.25) is 5.02 Å². The van der Waals surface area contributed by atoms with Gasteiger partial charge in [0.05, 0.1) is 13.2 Å². The van der Waals surface area contributed by atoms with Crippen LogP contribution < -0.4 is 4.90 Å². The van der Waals surface area contributed by atoms with Crippen molar-refractivity contribution in [2.45, 2.75) is 39.5 Å². The molecule has 0 saturated heterocycles. The maximum atomic E-state index is 14.0. The van der Waals surface area contributed by atoms with E-state index in [1.165, 1.54) is 17.0 Å². The predicted molar refractivity (Wildman–Crippen MR) is 94.0 cm³/mol. The fourth-order valence-corrected chi connectivity index (χ4v) is 2.27. The van der Waals surface area contributed by atoms with Crippen molar-refractivity contribution in [2.24, 2.45) is 0 Å². The Morgan fingerprint density at radius 3 is 2.48 bits per heavy atom. The zero-order valence-electron chi connectivity index (χ0n) is 14.3. The van der Waals surface area contributed by atoms with Crippen LogP contribution in [0.5, 0.6) is 0 Å². The number of aliphatic hydroxyl groups is 1. The largest absolute Gasteiger partial charge is 0.443 e. The number of halogens is 2. The second-order valence-corrected chi connectivity index (χ2v) is 6.84. The molecule has 1 heterocycles. The molecule has 5 nitrogen and oxygen atoms in total. The number of carbonyl (C=O) groups excluding carboxylic acids is 1. The van der Waals surface area contributed by atoms with Gasteiger partial charge in [0.15, 0.2) is 0 Å². The van der Waals surface area contributed by atoms with Gasteiger partial charge in [-0.3, -0.25) is 4.90 Å². The minimum Gasteiger partial charge on any atom is -0.443 e. The van der Waals surface area contributed by atoms with Crippen LogP contribution in [-0.4, -0.2) is 21.8 Å². The van der Waals surface area contributed by atoms with E-state index in [1.54, 1.807) is 45.0 Å². The molecule has 1 amide bonds. The fourth-order valence-electron chi connectivity index (χ4n) is 2.07. The highest BCUT2D eigenvalue weighted by atomic mass is 35.5. The molecule has 0 atom stereocenters. The summed E-state index contributed by atoms with van der Waals surface area (Å²) in [6.45, 7) is 4.81. The number of carbonyl (C=O) groups is 1. The SMILES string of the molecule is CC(C)(C)OC(=O)N(Cc1ccccc1Cl)c1ccc(CO)c(F)n1. The first-order valence-electron chi connectivity index (χ1n) is 7.71. The molecular formula is C18H20ClFN2O3. The Kier molecular flexibility index (Phi) is 5.98. The van der Waals surface area contributed by atoms with E-state index in [0.717, 1.165) is 0 Å². The summed E-state index contributed by atoms with van der Waals surface area (Å²) >= 11 is 6.17. The second-order valence-electron chi connectivity index (χ2n) is 6.44. The van der Waals surface area contributed by atoms with Crippen molar-refractivity contribution in [3.05, 3.63) is 58.5 Å². The van der Waals surface area contributed by atoms with Gasteiger partial charge in [0.1, 0.15) is 11.4 Å². The lowest BCUT2D eigenvalue weighted by Crippen LogP contribution is -2.37. The smallest absolute Gasteiger partial charge is 0.416 e. The number of benzene rings is 1. The number of aliphatic hydroxyl groups excluding tert-OH is 1. The molecule has 25 heavy (non-hydrogen) atoms. The molecule has 1 N–H and O–H groups in total. The Morgan fingerprint density at radius 1 is 1.24 bits per heavy atom. The van der Waals surface area contributed by atoms with Gasteiger partial charge in [0.25, 0.3) is 0 Å². The van der Waals surface area contributed by atoms with Gasteiger partial charge in [0, 0.05) is 10.6 Å². The highest BCUT2D eigenvalue weighted by molar-refractivity contribution is 6.31. The van der Waals surface area contributed by atoms with Gasteiger partial charge < -0.3 is 9.84 Å². The Labute approximate surface area is 151 Å². The van der Waals surface area contributed by atoms with Crippen LogP contribution in [0, 0.1) is 5.95 Å². The summed E-state index contributed by atoms with van der Waals surface area (Å²) in [5.41, 5.74) is -0.00606. The first kappa shape index (κ1) is 19.1. The molecule has 1 aromatic heterocycles. The quantitative estimate of drug-likeness (QED) is 0.819. The minimum absolute atomic E-state index is 0.0469. The van der Waals surface area contributed by atoms with Crippen molar-refractivity contribution in [3.8, 4) is 0 Å². The van der Waals surface area contributed by atoms with Gasteiger partial charge in [-0.1, -0.05) is 29.8 Å². The molecule has 1 aromatic carbocycles. The maximum Gasteiger partial charge on any atom is 0.416 e. The highest BCUT2D eigenvalue weighted by Gasteiger charge is 2.25. The molecule has 0 aliphatic rings. The zero-order valence-corrected chi connectivity index (χ0v) is 15.0. The average Bonchev–Trinajstić information content (AvgIpc) is 2.52. The van der Waals surface area contributed by atoms with Gasteiger partial charge >= 0.3 is 6.09 Å². The molecular weight excluding hydrogens is 347 g/mol. The van der Waals surface area contributed by atoms with Crippen LogP contribution in [0.15, 0.2) is 36.4 Å². The molecule has 0 aliphatic heterocycles. The topological polar surface area (TPSA) is 62.7 Å². The van der Waals surface area contributed by atoms with Crippen molar-refractivity contribution < 1.29 is 19.0 Å². The Morgan fingerprint density at radius 2 is 1.92 bits per heavy atom. The molecule has 2 rings (SSSR count). The average molecular weight is 367 g/mol. The normalized spacial score (nSPS) is 11.3. The first-order chi connectivity index (χ1) is 11.7. The highest BCUT2D eigenvalue weighted by Crippen LogP contribution is 2.23. The number of ether oxygens (including phenoxy) is 1. The lowest BCUT2D eigenvalue weighted by molar-refractivity contribution is 0.0576. The van der Waals surface area contributed by atoms with Crippen molar-refractivity contribution in [2.75, 3.05) is 4.90 Å². The number of aromatic nitrogens is 1. The van der Waals surface area contributed by atoms with E-state index in [4.69, 9.17) is 21.4 Å². The van der Waals surface area contributed by atoms with Gasteiger partial charge in [-0.25, -0.2) is 9.78 Å². The van der Waals surface area contributed by atoms with Crippen molar-refractivity contribution >= 4 is 23.5 Å². The number of pyridine rings is 1. The van der Waals surface area contributed by atoms with Gasteiger partial charge in [-0.05, 0) is 44.5 Å². The van der Waals surface area contributed by atoms with E-state index in [-0.39, 0.29) is 17.9 Å². The summed E-state index contributed by atoms with van der Waals surface area (Å²) in [5, 5.41) is 9.55. The van der Waals surface area contributed by atoms with Gasteiger partial charge in [-0.15, -0.1) is 0 Å². The second kappa shape index (κ2) is 7.80. The third kappa shape index (κ3) is 5.14. The van der Waals surface area contributed by atoms with Crippen molar-refractivity contribution in [1.82, 2.24) is 4.98 Å². The van der Waals surface area contributed by atoms with E-state index in [9.17, 15) is 9.18 Å². The zero-order chi connectivity index (χ0) is 18.6. The molecule has 0 aliphatic carbocycles. The molecule has 134 valence electrons. The minimum atomic E-state index is -0.840. The number of nitrogens with zero attached hydrogens (tertiary/aromatic N) is 2. The predicted octanol–water partition coefficient (Wildman–Crippen LogP) is 4.31. The molecule has 7 heteroatoms. The summed E-state index contributed by atoms with van der Waals surface area (Å²) in [6, 6.07) is 9.86. The number of amides is 1. The summed E-state index contributed by atoms with van der Waals surface area (Å²) in [7, 11) is 0. The number of hydrogen-bond donors (Lipinski definition) is 1. The van der Waals surface area contributed by atoms with E-state index >= 15 is 0 Å². The lowest BCUT2D eigenvalue weighted by Gasteiger charge is -2.27. The van der Waals surface area contributed by atoms with Crippen LogP contribution >= 0.6 is 11.6 Å². The maximum absolute atomic E-state index is 14.0. The summed E-state index contributed by atoms with van der Waals surface area (Å²) in [4.78, 5) is 17.6. The molecule has 0 spiro atoms. The van der Waals surface area contributed by atoms with Crippen LogP contribution in [0.1, 0.15) is 31.9 Å². The number of hydrogen-bond acceptors (Lipinski definition) is 4. The molecule has 0 unspecified atom stereocenters. The summed E-state index contributed by atoms with van der Waals surface area (Å²) in [6.07, 6.45) is -0.670. The third-order valence-electron chi connectivity index (χ3n) is 3.26. The Hall–Kier alpha value is -2.18. The number of anilines is 1. The fraction of sp³-hybridized carbons (Fsp3) is 0.333. The van der Waals surface area contributed by atoms with E-state index in [0.29, 0.717) is 10.6 Å². The number of rotatable bonds is 4. The van der Waals surface area contributed by atoms with E-state index in [1.807, 2.05) is 0 Å². The Bertz CT molecular complexity index is 762. The molecule has 0 fully saturated rings. The molecule has 2 aromatic rings. The van der Waals surface area contributed by atoms with Crippen LogP contribution in [0.3, 0.4) is 0 Å². The molecule has 0 radical (unpaired) electrons. The molecule has 0 bridgehead atoms. The summed E-state index contributed by atoms with van der Waals surface area (Å²) in [5.74, 6) is -0.767. The molecule has 0 saturated carbocycles. The summed E-state index contributed by atoms with van der Waals surface area (Å²) < 4.78 is 19.3. The first-order valence-corrected chi connectivity index (χ1v) is 8.09. The standard InChI is InChI=1S/C18H20ClFN2O3/c1-18(2,3)25-17(24)22(10-12-6-4-5-7-14(12)19)15-9-8-13(11-23)16(20)21-15/h4-9,23H,10-11H2,1-3H3. The van der Waals surface area contributed by atoms with Gasteiger partial charge in [-0.2, -0.15) is 4.39 Å². The van der Waals surface area contributed by atoms with Crippen LogP contribution in [0.4, 0.5) is 15.0 Å². The van der Waals surface area contributed by atoms with E-state index in [2.05, 4.69) is 4.98 Å². The van der Waals surface area contributed by atoms with Crippen molar-refractivity contribution in [3.63, 3.8) is 0 Å². The van der Waals surface area contributed by atoms with Crippen molar-refractivity contribution in [1.29, 1.82) is 0 Å². The van der Waals surface area contributed by atoms with Gasteiger partial charge in [0.2, 0.25) is 5.95 Å².